The van der Waals surface area contributed by atoms with Crippen molar-refractivity contribution in [1.82, 2.24) is 9.80 Å². The summed E-state index contributed by atoms with van der Waals surface area (Å²) >= 11 is 0. The molecular weight excluding hydrogens is 300 g/mol. The molecule has 3 unspecified atom stereocenters. The highest BCUT2D eigenvalue weighted by molar-refractivity contribution is 5.46. The van der Waals surface area contributed by atoms with Gasteiger partial charge in [-0.25, -0.2) is 0 Å². The molecule has 0 spiro atoms. The Morgan fingerprint density at radius 1 is 1.00 bits per heavy atom. The van der Waals surface area contributed by atoms with Gasteiger partial charge in [0, 0.05) is 44.3 Å². The summed E-state index contributed by atoms with van der Waals surface area (Å²) in [5.41, 5.74) is 1.23. The molecule has 0 radical (unpaired) electrons. The van der Waals surface area contributed by atoms with Crippen LogP contribution in [0, 0.1) is 11.8 Å². The Morgan fingerprint density at radius 3 is 2.46 bits per heavy atom. The first-order chi connectivity index (χ1) is 11.8. The van der Waals surface area contributed by atoms with Crippen LogP contribution in [0.1, 0.15) is 31.2 Å². The van der Waals surface area contributed by atoms with Crippen LogP contribution in [0.2, 0.25) is 0 Å². The lowest BCUT2D eigenvalue weighted by Crippen LogP contribution is -2.51. The molecule has 1 aromatic carbocycles. The van der Waals surface area contributed by atoms with Gasteiger partial charge in [-0.2, -0.15) is 0 Å². The van der Waals surface area contributed by atoms with Crippen LogP contribution >= 0.6 is 0 Å². The van der Waals surface area contributed by atoms with E-state index in [-0.39, 0.29) is 0 Å². The minimum Gasteiger partial charge on any atom is -0.493 e. The predicted octanol–water partition coefficient (Wildman–Crippen LogP) is 3.01. The summed E-state index contributed by atoms with van der Waals surface area (Å²) in [5.74, 6) is 3.75. The third-order valence-corrected chi connectivity index (χ3v) is 6.46. The van der Waals surface area contributed by atoms with E-state index >= 15 is 0 Å². The maximum Gasteiger partial charge on any atom is 0.165 e. The van der Waals surface area contributed by atoms with Crippen LogP contribution in [0.25, 0.3) is 0 Å². The van der Waals surface area contributed by atoms with Crippen LogP contribution in [-0.2, 0) is 6.54 Å². The monoisotopic (exact) mass is 330 g/mol. The summed E-state index contributed by atoms with van der Waals surface area (Å²) in [5, 5.41) is 0. The molecule has 1 heterocycles. The van der Waals surface area contributed by atoms with E-state index in [2.05, 4.69) is 21.9 Å². The Hall–Kier alpha value is -1.26. The number of benzene rings is 1. The molecule has 0 N–H and O–H groups in total. The van der Waals surface area contributed by atoms with Gasteiger partial charge in [-0.1, -0.05) is 18.6 Å². The first-order valence-electron chi connectivity index (χ1n) is 9.44. The zero-order valence-corrected chi connectivity index (χ0v) is 15.0. The topological polar surface area (TPSA) is 24.9 Å². The lowest BCUT2D eigenvalue weighted by atomic mass is 9.93. The van der Waals surface area contributed by atoms with Crippen LogP contribution in [0.15, 0.2) is 18.2 Å². The average Bonchev–Trinajstić information content (AvgIpc) is 3.25. The highest BCUT2D eigenvalue weighted by Gasteiger charge is 2.42. The molecule has 2 bridgehead atoms. The maximum absolute atomic E-state index is 5.58. The molecule has 1 aliphatic heterocycles. The van der Waals surface area contributed by atoms with Gasteiger partial charge in [-0.15, -0.1) is 0 Å². The van der Waals surface area contributed by atoms with Crippen molar-refractivity contribution in [2.24, 2.45) is 11.8 Å². The molecule has 4 heteroatoms. The summed E-state index contributed by atoms with van der Waals surface area (Å²) in [4.78, 5) is 5.34. The largest absolute Gasteiger partial charge is 0.493 e. The third kappa shape index (κ3) is 3.02. The standard InChI is InChI=1S/C20H30N2O2/c1-23-19-5-3-4-17(20(19)24-2)14-21-8-10-22(11-9-21)18-13-15-6-7-16(18)12-15/h3-5,15-16,18H,6-14H2,1-2H3. The Labute approximate surface area is 145 Å². The van der Waals surface area contributed by atoms with Gasteiger partial charge in [-0.3, -0.25) is 9.80 Å². The van der Waals surface area contributed by atoms with E-state index in [9.17, 15) is 0 Å². The van der Waals surface area contributed by atoms with Gasteiger partial charge in [0.1, 0.15) is 0 Å². The van der Waals surface area contributed by atoms with Crippen molar-refractivity contribution >= 4 is 0 Å². The van der Waals surface area contributed by atoms with Crippen molar-refractivity contribution < 1.29 is 9.47 Å². The van der Waals surface area contributed by atoms with E-state index in [4.69, 9.17) is 9.47 Å². The van der Waals surface area contributed by atoms with Gasteiger partial charge >= 0.3 is 0 Å². The minimum atomic E-state index is 0.829. The average molecular weight is 330 g/mol. The number of piperazine rings is 1. The number of fused-ring (bicyclic) bond motifs is 2. The first kappa shape index (κ1) is 16.2. The smallest absolute Gasteiger partial charge is 0.165 e. The van der Waals surface area contributed by atoms with Crippen molar-refractivity contribution in [1.29, 1.82) is 0 Å². The van der Waals surface area contributed by atoms with E-state index in [1.165, 1.54) is 44.3 Å². The van der Waals surface area contributed by atoms with E-state index in [0.29, 0.717) is 0 Å². The van der Waals surface area contributed by atoms with Crippen molar-refractivity contribution in [3.63, 3.8) is 0 Å². The second-order valence-electron chi connectivity index (χ2n) is 7.71. The number of ether oxygens (including phenoxy) is 2. The van der Waals surface area contributed by atoms with E-state index < -0.39 is 0 Å². The highest BCUT2D eigenvalue weighted by atomic mass is 16.5. The number of rotatable bonds is 5. The van der Waals surface area contributed by atoms with Crippen molar-refractivity contribution in [2.45, 2.75) is 38.3 Å². The molecule has 3 aliphatic rings. The van der Waals surface area contributed by atoms with Gasteiger partial charge in [0.2, 0.25) is 0 Å². The molecule has 2 saturated carbocycles. The Balaban J connectivity index is 1.35. The molecular formula is C20H30N2O2. The Morgan fingerprint density at radius 2 is 1.83 bits per heavy atom. The molecule has 3 fully saturated rings. The Bertz CT molecular complexity index is 569. The zero-order valence-electron chi connectivity index (χ0n) is 15.0. The van der Waals surface area contributed by atoms with E-state index in [1.54, 1.807) is 14.2 Å². The van der Waals surface area contributed by atoms with Gasteiger partial charge in [-0.05, 0) is 37.2 Å². The highest BCUT2D eigenvalue weighted by Crippen LogP contribution is 2.46. The Kier molecular flexibility index (Phi) is 4.68. The SMILES string of the molecule is COc1cccc(CN2CCN(C3CC4CCC3C4)CC2)c1OC. The number of hydrogen-bond donors (Lipinski definition) is 0. The van der Waals surface area contributed by atoms with E-state index in [1.807, 2.05) is 6.07 Å². The number of nitrogens with zero attached hydrogens (tertiary/aromatic N) is 2. The molecule has 0 aromatic heterocycles. The molecule has 2 aliphatic carbocycles. The van der Waals surface area contributed by atoms with Crippen LogP contribution in [-0.4, -0.2) is 56.2 Å². The molecule has 1 saturated heterocycles. The molecule has 132 valence electrons. The third-order valence-electron chi connectivity index (χ3n) is 6.46. The maximum atomic E-state index is 5.58. The molecule has 3 atom stereocenters. The van der Waals surface area contributed by atoms with Gasteiger partial charge in [0.05, 0.1) is 14.2 Å². The minimum absolute atomic E-state index is 0.829. The molecule has 24 heavy (non-hydrogen) atoms. The van der Waals surface area contributed by atoms with Crippen molar-refractivity contribution in [3.8, 4) is 11.5 Å². The summed E-state index contributed by atoms with van der Waals surface area (Å²) < 4.78 is 11.0. The number of para-hydroxylation sites is 1. The lowest BCUT2D eigenvalue weighted by Gasteiger charge is -2.41. The summed E-state index contributed by atoms with van der Waals surface area (Å²) in [6.07, 6.45) is 5.95. The number of methoxy groups -OCH3 is 2. The summed E-state index contributed by atoms with van der Waals surface area (Å²) in [6.45, 7) is 5.72. The van der Waals surface area contributed by atoms with Gasteiger partial charge in [0.25, 0.3) is 0 Å². The number of hydrogen-bond acceptors (Lipinski definition) is 4. The second-order valence-corrected chi connectivity index (χ2v) is 7.71. The van der Waals surface area contributed by atoms with Crippen LogP contribution in [0.4, 0.5) is 0 Å². The van der Waals surface area contributed by atoms with Crippen LogP contribution in [0.5, 0.6) is 11.5 Å². The van der Waals surface area contributed by atoms with Crippen molar-refractivity contribution in [3.05, 3.63) is 23.8 Å². The fourth-order valence-corrected chi connectivity index (χ4v) is 5.23. The lowest BCUT2D eigenvalue weighted by molar-refractivity contribution is 0.0676. The van der Waals surface area contributed by atoms with Crippen molar-refractivity contribution in [2.75, 3.05) is 40.4 Å². The fourth-order valence-electron chi connectivity index (χ4n) is 5.23. The van der Waals surface area contributed by atoms with Crippen LogP contribution in [0.3, 0.4) is 0 Å². The molecule has 1 aromatic rings. The van der Waals surface area contributed by atoms with Crippen LogP contribution < -0.4 is 9.47 Å². The summed E-state index contributed by atoms with van der Waals surface area (Å²) in [7, 11) is 3.43. The second kappa shape index (κ2) is 6.93. The zero-order chi connectivity index (χ0) is 16.5. The quantitative estimate of drug-likeness (QED) is 0.828. The first-order valence-corrected chi connectivity index (χ1v) is 9.44. The van der Waals surface area contributed by atoms with Gasteiger partial charge < -0.3 is 9.47 Å². The summed E-state index contributed by atoms with van der Waals surface area (Å²) in [6, 6.07) is 7.07. The van der Waals surface area contributed by atoms with E-state index in [0.717, 1.165) is 49.0 Å². The fraction of sp³-hybridized carbons (Fsp3) is 0.700. The predicted molar refractivity (Wildman–Crippen MR) is 95.6 cm³/mol. The van der Waals surface area contributed by atoms with Gasteiger partial charge in [0.15, 0.2) is 11.5 Å². The molecule has 4 rings (SSSR count). The molecule has 4 nitrogen and oxygen atoms in total. The molecule has 0 amide bonds. The normalized spacial score (nSPS) is 30.7.